The topological polar surface area (TPSA) is 184 Å². The Balaban J connectivity index is 1.49. The van der Waals surface area contributed by atoms with Crippen molar-refractivity contribution in [2.75, 3.05) is 10.6 Å². The number of amides is 2. The smallest absolute Gasteiger partial charge is 0.326 e. The number of rotatable bonds is 10. The van der Waals surface area contributed by atoms with E-state index in [0.717, 1.165) is 5.56 Å². The third kappa shape index (κ3) is 7.95. The van der Waals surface area contributed by atoms with Crippen LogP contribution in [0.3, 0.4) is 0 Å². The van der Waals surface area contributed by atoms with Gasteiger partial charge in [-0.05, 0) is 52.9 Å². The Labute approximate surface area is 247 Å². The molecule has 43 heavy (non-hydrogen) atoms. The molecular weight excluding hydrogens is 552 g/mol. The van der Waals surface area contributed by atoms with Gasteiger partial charge in [0.15, 0.2) is 0 Å². The average Bonchev–Trinajstić information content (AvgIpc) is 3.36. The molecule has 3 aromatic rings. The Kier molecular flexibility index (Phi) is 9.70. The lowest BCUT2D eigenvalue weighted by Crippen LogP contribution is -2.47. The molecule has 0 radical (unpaired) electrons. The molecule has 1 aliphatic heterocycles. The third-order valence-corrected chi connectivity index (χ3v) is 6.91. The Bertz CT molecular complexity index is 1580. The number of hydrogen-bond acceptors (Lipinski definition) is 6. The van der Waals surface area contributed by atoms with Crippen LogP contribution in [0.5, 0.6) is 0 Å². The van der Waals surface area contributed by atoms with Crippen LogP contribution in [0.15, 0.2) is 77.8 Å². The van der Waals surface area contributed by atoms with Crippen LogP contribution in [0.2, 0.25) is 0 Å². The Hall–Kier alpha value is -5.70. The minimum Gasteiger partial charge on any atom is -0.481 e. The largest absolute Gasteiger partial charge is 0.481 e. The second-order valence-electron chi connectivity index (χ2n) is 9.95. The number of guanidine groups is 1. The van der Waals surface area contributed by atoms with Gasteiger partial charge < -0.3 is 31.1 Å². The van der Waals surface area contributed by atoms with Crippen LogP contribution in [0, 0.1) is 11.5 Å². The second kappa shape index (κ2) is 13.8. The Morgan fingerprint density at radius 3 is 2.28 bits per heavy atom. The molecule has 12 nitrogen and oxygen atoms in total. The van der Waals surface area contributed by atoms with E-state index in [2.05, 4.69) is 20.9 Å². The number of carboxylic acids is 2. The first-order valence-electron chi connectivity index (χ1n) is 13.4. The second-order valence-corrected chi connectivity index (χ2v) is 9.95. The summed E-state index contributed by atoms with van der Waals surface area (Å²) in [5.41, 5.74) is 3.97. The molecule has 4 rings (SSSR count). The summed E-state index contributed by atoms with van der Waals surface area (Å²) in [5.74, 6) is -2.94. The van der Waals surface area contributed by atoms with Gasteiger partial charge in [-0.3, -0.25) is 14.4 Å². The number of fused-ring (bicyclic) bond motifs is 1. The fourth-order valence-electron chi connectivity index (χ4n) is 4.82. The van der Waals surface area contributed by atoms with Crippen molar-refractivity contribution in [2.45, 2.75) is 44.8 Å². The van der Waals surface area contributed by atoms with Gasteiger partial charge in [0, 0.05) is 37.7 Å². The summed E-state index contributed by atoms with van der Waals surface area (Å²) in [6.45, 7) is 1.47. The molecule has 1 heterocycles. The Morgan fingerprint density at radius 2 is 1.65 bits per heavy atom. The zero-order valence-corrected chi connectivity index (χ0v) is 23.3. The molecule has 2 unspecified atom stereocenters. The van der Waals surface area contributed by atoms with Crippen LogP contribution >= 0.6 is 0 Å². The van der Waals surface area contributed by atoms with Crippen molar-refractivity contribution in [3.63, 3.8) is 0 Å². The summed E-state index contributed by atoms with van der Waals surface area (Å²) in [6, 6.07) is 18.9. The highest BCUT2D eigenvalue weighted by atomic mass is 16.4. The van der Waals surface area contributed by atoms with E-state index in [1.807, 2.05) is 30.3 Å². The van der Waals surface area contributed by atoms with Gasteiger partial charge in [-0.1, -0.05) is 48.5 Å². The Morgan fingerprint density at radius 1 is 0.977 bits per heavy atom. The van der Waals surface area contributed by atoms with E-state index in [1.54, 1.807) is 48.7 Å². The molecular formula is C31H30N6O6. The summed E-state index contributed by atoms with van der Waals surface area (Å²) in [7, 11) is 0. The zero-order valence-electron chi connectivity index (χ0n) is 23.3. The molecule has 0 bridgehead atoms. The minimum atomic E-state index is -1.26. The quantitative estimate of drug-likeness (QED) is 0.136. The molecule has 1 aliphatic rings. The standard InChI is InChI=1S/C31H30N6O6/c1-19(38)37-17-22-16-24(35-31(33-18-32)34-23-5-3-2-4-6-23)12-13-25(22)28(37)29(41)36-26(30(42)43)15-21-9-7-20(8-10-21)11-14-27(39)40/h2-10,12-13,16,26,28H,11,14-15,17H2,1H3,(H,36,41)(H,39,40)(H,42,43)(H2,33,34,35). The predicted octanol–water partition coefficient (Wildman–Crippen LogP) is 3.28. The maximum atomic E-state index is 13.5. The molecule has 0 aliphatic carbocycles. The SMILES string of the molecule is CC(=O)N1Cc2cc(NC(=NC#N)Nc3ccccc3)ccc2C1C(=O)NC(Cc1ccc(CCC(=O)O)cc1)C(=O)O. The van der Waals surface area contributed by atoms with E-state index in [1.165, 1.54) is 11.8 Å². The normalized spacial score (nSPS) is 14.7. The van der Waals surface area contributed by atoms with E-state index in [4.69, 9.17) is 10.4 Å². The number of carboxylic acid groups (broad SMARTS) is 2. The number of carbonyl (C=O) groups excluding carboxylic acids is 2. The van der Waals surface area contributed by atoms with Crippen LogP contribution in [-0.2, 0) is 38.6 Å². The molecule has 12 heteroatoms. The van der Waals surface area contributed by atoms with Gasteiger partial charge in [-0.25, -0.2) is 4.79 Å². The van der Waals surface area contributed by atoms with Gasteiger partial charge in [0.05, 0.1) is 0 Å². The van der Waals surface area contributed by atoms with E-state index in [-0.39, 0.29) is 31.3 Å². The molecule has 2 atom stereocenters. The van der Waals surface area contributed by atoms with Crippen molar-refractivity contribution in [3.05, 3.63) is 95.1 Å². The maximum Gasteiger partial charge on any atom is 0.326 e. The highest BCUT2D eigenvalue weighted by molar-refractivity contribution is 6.04. The molecule has 2 amide bonds. The highest BCUT2D eigenvalue weighted by Gasteiger charge is 2.38. The summed E-state index contributed by atoms with van der Waals surface area (Å²) >= 11 is 0. The number of anilines is 2. The zero-order chi connectivity index (χ0) is 30.9. The summed E-state index contributed by atoms with van der Waals surface area (Å²) < 4.78 is 0. The highest BCUT2D eigenvalue weighted by Crippen LogP contribution is 2.35. The van der Waals surface area contributed by atoms with Gasteiger partial charge >= 0.3 is 11.9 Å². The van der Waals surface area contributed by atoms with Crippen molar-refractivity contribution < 1.29 is 29.4 Å². The fraction of sp³-hybridized carbons (Fsp3) is 0.226. The van der Waals surface area contributed by atoms with Gasteiger partial charge in [0.25, 0.3) is 0 Å². The number of benzene rings is 3. The number of nitrogens with zero attached hydrogens (tertiary/aromatic N) is 3. The number of nitriles is 1. The number of hydrogen-bond donors (Lipinski definition) is 5. The lowest BCUT2D eigenvalue weighted by molar-refractivity contribution is -0.144. The lowest BCUT2D eigenvalue weighted by atomic mass is 10.0. The van der Waals surface area contributed by atoms with E-state index in [0.29, 0.717) is 34.5 Å². The molecule has 3 aromatic carbocycles. The number of carbonyl (C=O) groups is 4. The van der Waals surface area contributed by atoms with E-state index in [9.17, 15) is 24.3 Å². The first kappa shape index (κ1) is 30.3. The molecule has 5 N–H and O–H groups in total. The van der Waals surface area contributed by atoms with Crippen LogP contribution < -0.4 is 16.0 Å². The van der Waals surface area contributed by atoms with Crippen LogP contribution in [-0.4, -0.2) is 50.9 Å². The number of nitrogens with one attached hydrogen (secondary N) is 3. The number of aryl methyl sites for hydroxylation is 1. The van der Waals surface area contributed by atoms with E-state index < -0.39 is 29.9 Å². The van der Waals surface area contributed by atoms with Gasteiger partial charge in [-0.15, -0.1) is 4.99 Å². The van der Waals surface area contributed by atoms with Crippen molar-refractivity contribution in [1.29, 1.82) is 5.26 Å². The third-order valence-electron chi connectivity index (χ3n) is 6.91. The first-order valence-corrected chi connectivity index (χ1v) is 13.4. The minimum absolute atomic E-state index is 0.00178. The van der Waals surface area contributed by atoms with Gasteiger partial charge in [0.2, 0.25) is 24.0 Å². The number of para-hydroxylation sites is 1. The van der Waals surface area contributed by atoms with Crippen molar-refractivity contribution in [3.8, 4) is 6.19 Å². The van der Waals surface area contributed by atoms with Crippen molar-refractivity contribution in [2.24, 2.45) is 4.99 Å². The first-order chi connectivity index (χ1) is 20.6. The molecule has 0 saturated carbocycles. The molecule has 0 fully saturated rings. The lowest BCUT2D eigenvalue weighted by Gasteiger charge is -2.25. The summed E-state index contributed by atoms with van der Waals surface area (Å²) in [6.07, 6.45) is 2.08. The number of aliphatic carboxylic acids is 2. The average molecular weight is 583 g/mol. The predicted molar refractivity (Wildman–Crippen MR) is 158 cm³/mol. The van der Waals surface area contributed by atoms with Crippen LogP contribution in [0.1, 0.15) is 41.6 Å². The fourth-order valence-corrected chi connectivity index (χ4v) is 4.82. The molecule has 0 spiro atoms. The molecule has 220 valence electrons. The summed E-state index contributed by atoms with van der Waals surface area (Å²) in [5, 5.41) is 36.5. The van der Waals surface area contributed by atoms with Crippen molar-refractivity contribution >= 4 is 41.1 Å². The maximum absolute atomic E-state index is 13.5. The summed E-state index contributed by atoms with van der Waals surface area (Å²) in [4.78, 5) is 54.1. The van der Waals surface area contributed by atoms with Crippen LogP contribution in [0.4, 0.5) is 11.4 Å². The molecule has 0 aromatic heterocycles. The molecule has 0 saturated heterocycles. The van der Waals surface area contributed by atoms with Crippen LogP contribution in [0.25, 0.3) is 0 Å². The number of aliphatic imine (C=N–C) groups is 1. The van der Waals surface area contributed by atoms with E-state index >= 15 is 0 Å². The van der Waals surface area contributed by atoms with Gasteiger partial charge in [0.1, 0.15) is 12.1 Å². The monoisotopic (exact) mass is 582 g/mol. The van der Waals surface area contributed by atoms with Crippen molar-refractivity contribution in [1.82, 2.24) is 10.2 Å². The van der Waals surface area contributed by atoms with Gasteiger partial charge in [-0.2, -0.15) is 5.26 Å².